The van der Waals surface area contributed by atoms with Crippen molar-refractivity contribution >= 4 is 11.5 Å². The van der Waals surface area contributed by atoms with Crippen LogP contribution in [0, 0.1) is 5.92 Å². The number of aromatic hydroxyl groups is 1. The van der Waals surface area contributed by atoms with Crippen LogP contribution in [0.25, 0.3) is 11.3 Å². The third-order valence-corrected chi connectivity index (χ3v) is 10.4. The van der Waals surface area contributed by atoms with Gasteiger partial charge in [0, 0.05) is 76.5 Å². The van der Waals surface area contributed by atoms with E-state index in [-0.39, 0.29) is 5.75 Å². The molecular formula is C31H46N8O. The predicted molar refractivity (Wildman–Crippen MR) is 160 cm³/mol. The van der Waals surface area contributed by atoms with Crippen LogP contribution in [0.3, 0.4) is 0 Å². The number of aromatic nitrogens is 2. The molecule has 3 saturated heterocycles. The van der Waals surface area contributed by atoms with Crippen LogP contribution in [-0.4, -0.2) is 120 Å². The molecule has 4 fully saturated rings. The maximum absolute atomic E-state index is 10.3. The summed E-state index contributed by atoms with van der Waals surface area (Å²) < 4.78 is 0. The summed E-state index contributed by atoms with van der Waals surface area (Å²) in [6, 6.07) is 11.4. The van der Waals surface area contributed by atoms with E-state index < -0.39 is 0 Å². The SMILES string of the molecule is Oc1ccccc1-c1cc2c(nn1)NC[C@H]1CN([C@H]3CC[C@@H](N4CCC(CN5CCNCC5)CC4)CC3)CCN21. The molecule has 5 heterocycles. The minimum Gasteiger partial charge on any atom is -0.507 e. The zero-order valence-electron chi connectivity index (χ0n) is 23.8. The lowest BCUT2D eigenvalue weighted by Gasteiger charge is -2.49. The van der Waals surface area contributed by atoms with Gasteiger partial charge in [-0.3, -0.25) is 4.90 Å². The molecule has 1 atom stereocenters. The Morgan fingerprint density at radius 1 is 0.800 bits per heavy atom. The molecule has 7 rings (SSSR count). The number of hydrogen-bond donors (Lipinski definition) is 3. The standard InChI is InChI=1S/C31H46N8O/c40-30-4-2-1-3-27(30)28-19-29-31(35-34-28)33-20-26-22-38(17-18-39(26)29)25-7-5-24(6-8-25)37-13-9-23(10-14-37)21-36-15-11-32-12-16-36/h1-4,19,23-26,32,40H,5-18,20-22H2,(H,33,35)/t24-,25+,26-/m0/s1. The highest BCUT2D eigenvalue weighted by atomic mass is 16.3. The Bertz CT molecular complexity index is 1140. The molecule has 216 valence electrons. The Balaban J connectivity index is 0.908. The Morgan fingerprint density at radius 3 is 2.33 bits per heavy atom. The second-order valence-electron chi connectivity index (χ2n) is 12.7. The molecule has 9 heteroatoms. The lowest BCUT2D eigenvalue weighted by Crippen LogP contribution is -2.60. The van der Waals surface area contributed by atoms with Gasteiger partial charge >= 0.3 is 0 Å². The normalized spacial score (nSPS) is 29.0. The van der Waals surface area contributed by atoms with Crippen LogP contribution >= 0.6 is 0 Å². The number of rotatable bonds is 5. The molecule has 2 aromatic rings. The number of phenols is 1. The first kappa shape index (κ1) is 26.4. The average Bonchev–Trinajstić information content (AvgIpc) is 3.02. The van der Waals surface area contributed by atoms with Crippen molar-refractivity contribution in [2.45, 2.75) is 56.7 Å². The summed E-state index contributed by atoms with van der Waals surface area (Å²) in [5, 5.41) is 26.3. The highest BCUT2D eigenvalue weighted by molar-refractivity contribution is 5.76. The van der Waals surface area contributed by atoms with Crippen LogP contribution < -0.4 is 15.5 Å². The average molecular weight is 547 g/mol. The van der Waals surface area contributed by atoms with E-state index >= 15 is 0 Å². The van der Waals surface area contributed by atoms with E-state index in [9.17, 15) is 5.11 Å². The minimum atomic E-state index is 0.247. The number of piperazine rings is 2. The summed E-state index contributed by atoms with van der Waals surface area (Å²) in [7, 11) is 0. The Morgan fingerprint density at radius 2 is 1.55 bits per heavy atom. The first-order chi connectivity index (χ1) is 19.7. The molecule has 0 bridgehead atoms. The molecule has 1 saturated carbocycles. The molecule has 1 aliphatic carbocycles. The summed E-state index contributed by atoms with van der Waals surface area (Å²) in [6.07, 6.45) is 8.17. The molecule has 5 aliphatic rings. The molecule has 40 heavy (non-hydrogen) atoms. The quantitative estimate of drug-likeness (QED) is 0.524. The largest absolute Gasteiger partial charge is 0.507 e. The number of fused-ring (bicyclic) bond motifs is 3. The highest BCUT2D eigenvalue weighted by Gasteiger charge is 2.37. The van der Waals surface area contributed by atoms with Gasteiger partial charge < -0.3 is 30.4 Å². The second-order valence-corrected chi connectivity index (χ2v) is 12.7. The van der Waals surface area contributed by atoms with Gasteiger partial charge in [-0.2, -0.15) is 0 Å². The summed E-state index contributed by atoms with van der Waals surface area (Å²) in [6.45, 7) is 12.9. The van der Waals surface area contributed by atoms with Crippen LogP contribution in [0.4, 0.5) is 11.5 Å². The fourth-order valence-corrected chi connectivity index (χ4v) is 8.01. The van der Waals surface area contributed by atoms with Crippen molar-refractivity contribution in [3.8, 4) is 17.0 Å². The molecule has 0 amide bonds. The summed E-state index contributed by atoms with van der Waals surface area (Å²) in [5.74, 6) is 2.01. The van der Waals surface area contributed by atoms with Crippen LogP contribution in [0.15, 0.2) is 30.3 Å². The van der Waals surface area contributed by atoms with Gasteiger partial charge in [0.2, 0.25) is 0 Å². The van der Waals surface area contributed by atoms with Crippen molar-refractivity contribution < 1.29 is 5.11 Å². The van der Waals surface area contributed by atoms with Crippen molar-refractivity contribution in [3.63, 3.8) is 0 Å². The first-order valence-electron chi connectivity index (χ1n) is 15.8. The number of para-hydroxylation sites is 1. The maximum Gasteiger partial charge on any atom is 0.172 e. The summed E-state index contributed by atoms with van der Waals surface area (Å²) >= 11 is 0. The number of nitrogens with zero attached hydrogens (tertiary/aromatic N) is 6. The van der Waals surface area contributed by atoms with E-state index in [1.807, 2.05) is 18.2 Å². The highest BCUT2D eigenvalue weighted by Crippen LogP contribution is 2.37. The fourth-order valence-electron chi connectivity index (χ4n) is 8.01. The topological polar surface area (TPSA) is 83.0 Å². The molecule has 1 aromatic carbocycles. The van der Waals surface area contributed by atoms with Crippen LogP contribution in [-0.2, 0) is 0 Å². The van der Waals surface area contributed by atoms with Gasteiger partial charge in [0.1, 0.15) is 5.75 Å². The zero-order chi connectivity index (χ0) is 26.9. The molecule has 0 radical (unpaired) electrons. The van der Waals surface area contributed by atoms with Crippen molar-refractivity contribution in [2.75, 3.05) is 82.2 Å². The molecule has 0 spiro atoms. The molecule has 3 N–H and O–H groups in total. The van der Waals surface area contributed by atoms with Gasteiger partial charge in [-0.1, -0.05) is 12.1 Å². The fraction of sp³-hybridized carbons (Fsp3) is 0.677. The van der Waals surface area contributed by atoms with Crippen LogP contribution in [0.5, 0.6) is 5.75 Å². The van der Waals surface area contributed by atoms with Crippen LogP contribution in [0.2, 0.25) is 0 Å². The van der Waals surface area contributed by atoms with E-state index in [0.29, 0.717) is 6.04 Å². The minimum absolute atomic E-state index is 0.247. The molecule has 0 unspecified atom stereocenters. The molecule has 9 nitrogen and oxygen atoms in total. The Kier molecular flexibility index (Phi) is 7.80. The third kappa shape index (κ3) is 5.53. The van der Waals surface area contributed by atoms with Crippen molar-refractivity contribution in [3.05, 3.63) is 30.3 Å². The van der Waals surface area contributed by atoms with Gasteiger partial charge in [0.25, 0.3) is 0 Å². The van der Waals surface area contributed by atoms with Crippen molar-refractivity contribution in [1.29, 1.82) is 0 Å². The number of benzene rings is 1. The lowest BCUT2D eigenvalue weighted by atomic mass is 9.86. The summed E-state index contributed by atoms with van der Waals surface area (Å²) in [4.78, 5) is 10.8. The molecular weight excluding hydrogens is 500 g/mol. The number of piperidine rings is 1. The number of hydrogen-bond acceptors (Lipinski definition) is 9. The van der Waals surface area contributed by atoms with E-state index in [0.717, 1.165) is 80.0 Å². The van der Waals surface area contributed by atoms with Gasteiger partial charge in [-0.15, -0.1) is 10.2 Å². The van der Waals surface area contributed by atoms with Crippen LogP contribution in [0.1, 0.15) is 38.5 Å². The van der Waals surface area contributed by atoms with E-state index in [1.54, 1.807) is 6.07 Å². The molecule has 4 aliphatic heterocycles. The number of nitrogens with one attached hydrogen (secondary N) is 2. The second kappa shape index (κ2) is 11.8. The van der Waals surface area contributed by atoms with Gasteiger partial charge in [-0.25, -0.2) is 0 Å². The number of anilines is 2. The summed E-state index contributed by atoms with van der Waals surface area (Å²) in [5.41, 5.74) is 2.58. The maximum atomic E-state index is 10.3. The van der Waals surface area contributed by atoms with Gasteiger partial charge in [-0.05, 0) is 75.7 Å². The van der Waals surface area contributed by atoms with Crippen molar-refractivity contribution in [2.24, 2.45) is 5.92 Å². The monoisotopic (exact) mass is 546 g/mol. The number of phenolic OH excluding ortho intramolecular Hbond substituents is 1. The zero-order valence-corrected chi connectivity index (χ0v) is 23.8. The predicted octanol–water partition coefficient (Wildman–Crippen LogP) is 2.69. The smallest absolute Gasteiger partial charge is 0.172 e. The molecule has 1 aromatic heterocycles. The van der Waals surface area contributed by atoms with E-state index in [4.69, 9.17) is 0 Å². The number of likely N-dealkylation sites (tertiary alicyclic amines) is 1. The van der Waals surface area contributed by atoms with E-state index in [1.165, 1.54) is 71.2 Å². The van der Waals surface area contributed by atoms with Gasteiger partial charge in [0.05, 0.1) is 17.4 Å². The Hall–Kier alpha value is -2.46. The lowest BCUT2D eigenvalue weighted by molar-refractivity contribution is 0.0579. The first-order valence-corrected chi connectivity index (χ1v) is 15.8. The van der Waals surface area contributed by atoms with E-state index in [2.05, 4.69) is 46.5 Å². The van der Waals surface area contributed by atoms with Gasteiger partial charge in [0.15, 0.2) is 5.82 Å². The Labute approximate surface area is 238 Å². The van der Waals surface area contributed by atoms with Crippen molar-refractivity contribution in [1.82, 2.24) is 30.2 Å². The third-order valence-electron chi connectivity index (χ3n) is 10.4.